The van der Waals surface area contributed by atoms with Crippen molar-refractivity contribution in [2.45, 2.75) is 4.90 Å². The predicted octanol–water partition coefficient (Wildman–Crippen LogP) is 0.605. The van der Waals surface area contributed by atoms with Crippen LogP contribution in [0.5, 0.6) is 0 Å². The summed E-state index contributed by atoms with van der Waals surface area (Å²) in [5.74, 6) is 0.166. The average molecular weight is 224 g/mol. The molecule has 0 unspecified atom stereocenters. The van der Waals surface area contributed by atoms with Gasteiger partial charge in [0.05, 0.1) is 11.1 Å². The summed E-state index contributed by atoms with van der Waals surface area (Å²) >= 11 is 0. The molecule has 0 spiro atoms. The van der Waals surface area contributed by atoms with Gasteiger partial charge in [-0.25, -0.2) is 8.42 Å². The second kappa shape index (κ2) is 3.70. The fourth-order valence-corrected chi connectivity index (χ4v) is 2.06. The van der Waals surface area contributed by atoms with Gasteiger partial charge in [-0.3, -0.25) is 9.82 Å². The Hall–Kier alpha value is -1.89. The van der Waals surface area contributed by atoms with Crippen molar-refractivity contribution in [2.24, 2.45) is 0 Å². The van der Waals surface area contributed by atoms with Crippen LogP contribution in [0.3, 0.4) is 0 Å². The van der Waals surface area contributed by atoms with Crippen LogP contribution in [0.15, 0.2) is 41.4 Å². The maximum Gasteiger partial charge on any atom is 0.263 e. The SMILES string of the molecule is O=S(=O)(Nc1c[nH]nn1)c1ccccc1. The summed E-state index contributed by atoms with van der Waals surface area (Å²) in [5.41, 5.74) is 0. The van der Waals surface area contributed by atoms with Crippen LogP contribution in [0.25, 0.3) is 0 Å². The lowest BCUT2D eigenvalue weighted by atomic mass is 10.4. The zero-order valence-electron chi connectivity index (χ0n) is 7.58. The molecule has 0 saturated carbocycles. The van der Waals surface area contributed by atoms with Gasteiger partial charge in [-0.2, -0.15) is 0 Å². The molecule has 2 aromatic rings. The van der Waals surface area contributed by atoms with Crippen molar-refractivity contribution in [3.63, 3.8) is 0 Å². The largest absolute Gasteiger partial charge is 0.263 e. The van der Waals surface area contributed by atoms with Crippen molar-refractivity contribution in [3.8, 4) is 0 Å². The average Bonchev–Trinajstić information content (AvgIpc) is 2.71. The number of anilines is 1. The normalized spacial score (nSPS) is 11.2. The molecule has 6 nitrogen and oxygen atoms in total. The van der Waals surface area contributed by atoms with Crippen LogP contribution in [0.4, 0.5) is 5.82 Å². The molecule has 0 aliphatic rings. The zero-order chi connectivity index (χ0) is 10.7. The number of hydrogen-bond acceptors (Lipinski definition) is 4. The molecule has 0 aliphatic heterocycles. The van der Waals surface area contributed by atoms with Gasteiger partial charge in [0.1, 0.15) is 0 Å². The Balaban J connectivity index is 2.29. The highest BCUT2D eigenvalue weighted by Gasteiger charge is 2.14. The van der Waals surface area contributed by atoms with Gasteiger partial charge in [0.15, 0.2) is 5.82 Å². The Morgan fingerprint density at radius 3 is 2.53 bits per heavy atom. The van der Waals surface area contributed by atoms with Crippen LogP contribution in [0.2, 0.25) is 0 Å². The summed E-state index contributed by atoms with van der Waals surface area (Å²) < 4.78 is 25.7. The van der Waals surface area contributed by atoms with E-state index in [4.69, 9.17) is 0 Å². The molecule has 1 heterocycles. The number of nitrogens with one attached hydrogen (secondary N) is 2. The van der Waals surface area contributed by atoms with E-state index in [0.717, 1.165) is 0 Å². The van der Waals surface area contributed by atoms with Gasteiger partial charge in [-0.05, 0) is 12.1 Å². The van der Waals surface area contributed by atoms with E-state index in [9.17, 15) is 8.42 Å². The Kier molecular flexibility index (Phi) is 2.38. The highest BCUT2D eigenvalue weighted by atomic mass is 32.2. The fourth-order valence-electron chi connectivity index (χ4n) is 1.05. The Morgan fingerprint density at radius 1 is 1.20 bits per heavy atom. The van der Waals surface area contributed by atoms with Crippen molar-refractivity contribution in [1.29, 1.82) is 0 Å². The highest BCUT2D eigenvalue weighted by molar-refractivity contribution is 7.92. The van der Waals surface area contributed by atoms with Crippen LogP contribution in [-0.2, 0) is 10.0 Å². The lowest BCUT2D eigenvalue weighted by Crippen LogP contribution is -2.12. The molecule has 0 fully saturated rings. The van der Waals surface area contributed by atoms with E-state index in [2.05, 4.69) is 20.1 Å². The lowest BCUT2D eigenvalue weighted by Gasteiger charge is -2.03. The highest BCUT2D eigenvalue weighted by Crippen LogP contribution is 2.11. The third kappa shape index (κ3) is 2.13. The van der Waals surface area contributed by atoms with Crippen LogP contribution in [0.1, 0.15) is 0 Å². The molecule has 0 saturated heterocycles. The minimum absolute atomic E-state index is 0.166. The van der Waals surface area contributed by atoms with Crippen molar-refractivity contribution < 1.29 is 8.42 Å². The molecule has 15 heavy (non-hydrogen) atoms. The van der Waals surface area contributed by atoms with E-state index < -0.39 is 10.0 Å². The molecule has 78 valence electrons. The van der Waals surface area contributed by atoms with Gasteiger partial charge in [0.2, 0.25) is 0 Å². The number of sulfonamides is 1. The van der Waals surface area contributed by atoms with Crippen LogP contribution in [-0.4, -0.2) is 23.8 Å². The molecule has 1 aromatic heterocycles. The van der Waals surface area contributed by atoms with E-state index in [1.54, 1.807) is 18.2 Å². The molecule has 2 N–H and O–H groups in total. The Morgan fingerprint density at radius 2 is 1.93 bits per heavy atom. The van der Waals surface area contributed by atoms with E-state index in [1.807, 2.05) is 0 Å². The minimum Gasteiger partial charge on any atom is -0.263 e. The van der Waals surface area contributed by atoms with Crippen LogP contribution in [0, 0.1) is 0 Å². The molecule has 0 amide bonds. The van der Waals surface area contributed by atoms with Gasteiger partial charge in [0.25, 0.3) is 10.0 Å². The second-order valence-corrected chi connectivity index (χ2v) is 4.46. The Bertz CT molecular complexity index is 521. The molecular formula is C8H8N4O2S. The van der Waals surface area contributed by atoms with Crippen molar-refractivity contribution in [1.82, 2.24) is 15.4 Å². The third-order valence-electron chi connectivity index (χ3n) is 1.71. The van der Waals surface area contributed by atoms with Crippen molar-refractivity contribution in [2.75, 3.05) is 4.72 Å². The van der Waals surface area contributed by atoms with Gasteiger partial charge in [-0.15, -0.1) is 5.10 Å². The summed E-state index contributed by atoms with van der Waals surface area (Å²) in [6.07, 6.45) is 1.36. The van der Waals surface area contributed by atoms with E-state index >= 15 is 0 Å². The molecule has 0 aliphatic carbocycles. The first kappa shape index (κ1) is 9.66. The number of rotatable bonds is 3. The number of benzene rings is 1. The van der Waals surface area contributed by atoms with Gasteiger partial charge >= 0.3 is 0 Å². The number of aromatic nitrogens is 3. The maximum absolute atomic E-state index is 11.7. The van der Waals surface area contributed by atoms with Crippen molar-refractivity contribution >= 4 is 15.8 Å². The molecule has 0 radical (unpaired) electrons. The second-order valence-electron chi connectivity index (χ2n) is 2.78. The summed E-state index contributed by atoms with van der Waals surface area (Å²) in [5, 5.41) is 9.34. The first-order valence-corrected chi connectivity index (χ1v) is 5.61. The van der Waals surface area contributed by atoms with Crippen LogP contribution >= 0.6 is 0 Å². The standard InChI is InChI=1S/C8H8N4O2S/c13-15(14,7-4-2-1-3-5-7)11-8-6-9-12-10-8/h1-6H,(H2,9,10,11,12). The third-order valence-corrected chi connectivity index (χ3v) is 3.08. The maximum atomic E-state index is 11.7. The summed E-state index contributed by atoms with van der Waals surface area (Å²) in [6.45, 7) is 0. The predicted molar refractivity (Wildman–Crippen MR) is 53.6 cm³/mol. The quantitative estimate of drug-likeness (QED) is 0.799. The fraction of sp³-hybridized carbons (Fsp3) is 0. The number of hydrogen-bond donors (Lipinski definition) is 2. The van der Waals surface area contributed by atoms with E-state index in [-0.39, 0.29) is 10.7 Å². The molecule has 1 aromatic carbocycles. The van der Waals surface area contributed by atoms with Gasteiger partial charge in [-0.1, -0.05) is 23.4 Å². The topological polar surface area (TPSA) is 87.7 Å². The van der Waals surface area contributed by atoms with Gasteiger partial charge < -0.3 is 0 Å². The molecule has 0 atom stereocenters. The summed E-state index contributed by atoms with van der Waals surface area (Å²) in [6, 6.07) is 8.05. The minimum atomic E-state index is -3.56. The molecule has 0 bridgehead atoms. The molecular weight excluding hydrogens is 216 g/mol. The molecule has 2 rings (SSSR count). The number of aromatic amines is 1. The van der Waals surface area contributed by atoms with E-state index in [1.165, 1.54) is 18.3 Å². The lowest BCUT2D eigenvalue weighted by molar-refractivity contribution is 0.601. The van der Waals surface area contributed by atoms with Crippen molar-refractivity contribution in [3.05, 3.63) is 36.5 Å². The first-order chi connectivity index (χ1) is 7.18. The smallest absolute Gasteiger partial charge is 0.263 e. The number of H-pyrrole nitrogens is 1. The zero-order valence-corrected chi connectivity index (χ0v) is 8.40. The Labute approximate surface area is 86.4 Å². The summed E-state index contributed by atoms with van der Waals surface area (Å²) in [4.78, 5) is 0.188. The number of nitrogens with zero attached hydrogens (tertiary/aromatic N) is 2. The van der Waals surface area contributed by atoms with E-state index in [0.29, 0.717) is 0 Å². The summed E-state index contributed by atoms with van der Waals surface area (Å²) in [7, 11) is -3.56. The molecule has 7 heteroatoms. The van der Waals surface area contributed by atoms with Gasteiger partial charge in [0, 0.05) is 0 Å². The van der Waals surface area contributed by atoms with Crippen LogP contribution < -0.4 is 4.72 Å². The first-order valence-electron chi connectivity index (χ1n) is 4.13. The monoisotopic (exact) mass is 224 g/mol.